The molecule has 0 aliphatic heterocycles. The molecule has 0 aliphatic carbocycles. The summed E-state index contributed by atoms with van der Waals surface area (Å²) in [6, 6.07) is 23.2. The van der Waals surface area contributed by atoms with E-state index in [-0.39, 0.29) is 12.6 Å². The van der Waals surface area contributed by atoms with Crippen LogP contribution in [-0.2, 0) is 19.0 Å². The van der Waals surface area contributed by atoms with Crippen LogP contribution in [0.1, 0.15) is 29.3 Å². The summed E-state index contributed by atoms with van der Waals surface area (Å²) < 4.78 is 26.7. The third-order valence-corrected chi connectivity index (χ3v) is 5.15. The van der Waals surface area contributed by atoms with Gasteiger partial charge in [0.25, 0.3) is 0 Å². The second-order valence-electron chi connectivity index (χ2n) is 7.77. The minimum absolute atomic E-state index is 0.242. The summed E-state index contributed by atoms with van der Waals surface area (Å²) in [6.07, 6.45) is 0.354. The first-order valence-corrected chi connectivity index (χ1v) is 12.0. The van der Waals surface area contributed by atoms with Crippen LogP contribution >= 0.6 is 0 Å². The smallest absolute Gasteiger partial charge is 0.343 e. The average Bonchev–Trinajstić information content (AvgIpc) is 2.94. The van der Waals surface area contributed by atoms with Gasteiger partial charge in [-0.1, -0.05) is 31.2 Å². The molecule has 8 nitrogen and oxygen atoms in total. The summed E-state index contributed by atoms with van der Waals surface area (Å²) >= 11 is 0. The molecule has 0 fully saturated rings. The van der Waals surface area contributed by atoms with Crippen LogP contribution in [0.15, 0.2) is 72.8 Å². The third-order valence-electron chi connectivity index (χ3n) is 5.15. The molecule has 0 saturated carbocycles. The maximum absolute atomic E-state index is 12.5. The van der Waals surface area contributed by atoms with Crippen molar-refractivity contribution in [2.75, 3.05) is 39.6 Å². The Balaban J connectivity index is 1.33. The zero-order valence-corrected chi connectivity index (χ0v) is 20.7. The number of benzene rings is 3. The van der Waals surface area contributed by atoms with Crippen molar-refractivity contribution in [3.05, 3.63) is 83.9 Å². The molecule has 0 radical (unpaired) electrons. The molecule has 0 spiro atoms. The van der Waals surface area contributed by atoms with E-state index >= 15 is 0 Å². The van der Waals surface area contributed by atoms with Crippen molar-refractivity contribution in [3.8, 4) is 28.7 Å². The van der Waals surface area contributed by atoms with E-state index in [1.807, 2.05) is 24.3 Å². The summed E-state index contributed by atoms with van der Waals surface area (Å²) in [4.78, 5) is 23.5. The zero-order valence-electron chi connectivity index (χ0n) is 20.7. The number of hydrogen-bond acceptors (Lipinski definition) is 8. The van der Waals surface area contributed by atoms with Crippen molar-refractivity contribution in [1.29, 1.82) is 5.26 Å². The molecule has 192 valence electrons. The van der Waals surface area contributed by atoms with Gasteiger partial charge in [0, 0.05) is 6.42 Å². The number of carbonyl (C=O) groups is 2. The molecule has 0 heterocycles. The summed E-state index contributed by atoms with van der Waals surface area (Å²) in [7, 11) is 0. The van der Waals surface area contributed by atoms with Gasteiger partial charge in [-0.25, -0.2) is 4.79 Å². The molecule has 3 rings (SSSR count). The fraction of sp³-hybridized carbons (Fsp3) is 0.276. The lowest BCUT2D eigenvalue weighted by molar-refractivity contribution is -0.144. The summed E-state index contributed by atoms with van der Waals surface area (Å²) in [5.74, 6) is 0.339. The Hall–Kier alpha value is -4.19. The second kappa shape index (κ2) is 15.0. The largest absolute Gasteiger partial charge is 0.491 e. The zero-order chi connectivity index (χ0) is 26.3. The first-order valence-electron chi connectivity index (χ1n) is 12.0. The Morgan fingerprint density at radius 1 is 0.703 bits per heavy atom. The number of carbonyl (C=O) groups excluding carboxylic acids is 2. The van der Waals surface area contributed by atoms with Gasteiger partial charge in [0.2, 0.25) is 0 Å². The highest BCUT2D eigenvalue weighted by Gasteiger charge is 2.09. The Morgan fingerprint density at radius 2 is 1.24 bits per heavy atom. The van der Waals surface area contributed by atoms with Crippen LogP contribution in [0.2, 0.25) is 0 Å². The highest BCUT2D eigenvalue weighted by molar-refractivity contribution is 5.91. The van der Waals surface area contributed by atoms with Crippen LogP contribution in [0, 0.1) is 11.3 Å². The van der Waals surface area contributed by atoms with Crippen LogP contribution in [0.3, 0.4) is 0 Å². The number of rotatable bonds is 14. The molecule has 3 aromatic carbocycles. The van der Waals surface area contributed by atoms with E-state index in [4.69, 9.17) is 28.9 Å². The van der Waals surface area contributed by atoms with E-state index in [9.17, 15) is 9.59 Å². The van der Waals surface area contributed by atoms with Crippen molar-refractivity contribution in [3.63, 3.8) is 0 Å². The quantitative estimate of drug-likeness (QED) is 0.175. The molecule has 37 heavy (non-hydrogen) atoms. The van der Waals surface area contributed by atoms with Gasteiger partial charge in [0.15, 0.2) is 0 Å². The highest BCUT2D eigenvalue weighted by atomic mass is 16.6. The Morgan fingerprint density at radius 3 is 1.84 bits per heavy atom. The fourth-order valence-electron chi connectivity index (χ4n) is 3.16. The van der Waals surface area contributed by atoms with Gasteiger partial charge in [-0.2, -0.15) is 5.26 Å². The van der Waals surface area contributed by atoms with Gasteiger partial charge in [0.05, 0.1) is 43.6 Å². The van der Waals surface area contributed by atoms with Crippen LogP contribution in [0.5, 0.6) is 11.5 Å². The Labute approximate surface area is 216 Å². The van der Waals surface area contributed by atoms with E-state index < -0.39 is 5.97 Å². The predicted molar refractivity (Wildman–Crippen MR) is 136 cm³/mol. The lowest BCUT2D eigenvalue weighted by Crippen LogP contribution is -2.14. The summed E-state index contributed by atoms with van der Waals surface area (Å²) in [6.45, 7) is 3.86. The maximum atomic E-state index is 12.5. The SMILES string of the molecule is CCC(=O)OCCOCCOCCOc1ccc(C(=O)Oc2ccc(-c3ccc(C#N)cc3)cc2)cc1. The van der Waals surface area contributed by atoms with Crippen molar-refractivity contribution in [2.24, 2.45) is 0 Å². The van der Waals surface area contributed by atoms with Crippen molar-refractivity contribution >= 4 is 11.9 Å². The van der Waals surface area contributed by atoms with Gasteiger partial charge in [0.1, 0.15) is 24.7 Å². The standard InChI is InChI=1S/C29H29NO7/c1-2-28(31)36-20-18-34-16-15-33-17-19-35-26-11-9-25(10-12-26)29(32)37-27-13-7-24(8-14-27)23-5-3-22(21-30)4-6-23/h3-14H,2,15-20H2,1H3. The van der Waals surface area contributed by atoms with Gasteiger partial charge in [-0.05, 0) is 59.7 Å². The van der Waals surface area contributed by atoms with Crippen LogP contribution in [0.25, 0.3) is 11.1 Å². The molecule has 3 aromatic rings. The Bertz CT molecular complexity index is 1170. The molecule has 8 heteroatoms. The first kappa shape index (κ1) is 27.4. The molecule has 0 bridgehead atoms. The van der Waals surface area contributed by atoms with Gasteiger partial charge in [-0.3, -0.25) is 4.79 Å². The Kier molecular flexibility index (Phi) is 11.1. The van der Waals surface area contributed by atoms with E-state index in [0.29, 0.717) is 62.1 Å². The molecule has 0 amide bonds. The van der Waals surface area contributed by atoms with Crippen molar-refractivity contribution in [2.45, 2.75) is 13.3 Å². The lowest BCUT2D eigenvalue weighted by Gasteiger charge is -2.09. The normalized spacial score (nSPS) is 10.4. The van der Waals surface area contributed by atoms with Crippen LogP contribution in [0.4, 0.5) is 0 Å². The van der Waals surface area contributed by atoms with Gasteiger partial charge >= 0.3 is 11.9 Å². The molecule has 0 N–H and O–H groups in total. The molecule has 0 aliphatic rings. The summed E-state index contributed by atoms with van der Waals surface area (Å²) in [5, 5.41) is 8.92. The number of nitrogens with zero attached hydrogens (tertiary/aromatic N) is 1. The minimum Gasteiger partial charge on any atom is -0.491 e. The van der Waals surface area contributed by atoms with E-state index in [2.05, 4.69) is 6.07 Å². The fourth-order valence-corrected chi connectivity index (χ4v) is 3.16. The van der Waals surface area contributed by atoms with E-state index in [1.54, 1.807) is 55.5 Å². The van der Waals surface area contributed by atoms with E-state index in [0.717, 1.165) is 11.1 Å². The number of ether oxygens (including phenoxy) is 5. The monoisotopic (exact) mass is 503 g/mol. The average molecular weight is 504 g/mol. The molecule has 0 aromatic heterocycles. The molecule has 0 saturated heterocycles. The second-order valence-corrected chi connectivity index (χ2v) is 7.77. The van der Waals surface area contributed by atoms with Gasteiger partial charge in [-0.15, -0.1) is 0 Å². The number of esters is 2. The molecule has 0 unspecified atom stereocenters. The van der Waals surface area contributed by atoms with Crippen molar-refractivity contribution < 1.29 is 33.3 Å². The lowest BCUT2D eigenvalue weighted by atomic mass is 10.0. The molecule has 0 atom stereocenters. The topological polar surface area (TPSA) is 104 Å². The van der Waals surface area contributed by atoms with E-state index in [1.165, 1.54) is 0 Å². The van der Waals surface area contributed by atoms with Gasteiger partial charge < -0.3 is 23.7 Å². The van der Waals surface area contributed by atoms with Crippen molar-refractivity contribution in [1.82, 2.24) is 0 Å². The molecular weight excluding hydrogens is 474 g/mol. The third kappa shape index (κ3) is 9.41. The number of nitriles is 1. The first-order chi connectivity index (χ1) is 18.1. The maximum Gasteiger partial charge on any atom is 0.343 e. The molecular formula is C29H29NO7. The highest BCUT2D eigenvalue weighted by Crippen LogP contribution is 2.23. The van der Waals surface area contributed by atoms with Crippen LogP contribution < -0.4 is 9.47 Å². The number of hydrogen-bond donors (Lipinski definition) is 0. The van der Waals surface area contributed by atoms with Crippen LogP contribution in [-0.4, -0.2) is 51.6 Å². The predicted octanol–water partition coefficient (Wildman–Crippen LogP) is 4.81. The summed E-state index contributed by atoms with van der Waals surface area (Å²) in [5.41, 5.74) is 2.93. The minimum atomic E-state index is -0.467.